The van der Waals surface area contributed by atoms with Crippen molar-refractivity contribution in [3.05, 3.63) is 30.1 Å². The van der Waals surface area contributed by atoms with E-state index >= 15 is 0 Å². The quantitative estimate of drug-likeness (QED) is 0.553. The Bertz CT molecular complexity index is 306. The summed E-state index contributed by atoms with van der Waals surface area (Å²) in [6.45, 7) is 5.68. The lowest BCUT2D eigenvalue weighted by molar-refractivity contribution is 0.562. The number of pyridine rings is 1. The predicted octanol–water partition coefficient (Wildman–Crippen LogP) is 1.96. The van der Waals surface area contributed by atoms with Crippen LogP contribution in [0.5, 0.6) is 0 Å². The molecule has 0 aliphatic carbocycles. The molecule has 76 valence electrons. The standard InChI is InChI=1S/C10H14N2OS/c1-10(2,3)14(13)12-8-9-5-4-6-11-7-9/h4-8H,1-3H3/b12-8+/t14-/m1/s1. The summed E-state index contributed by atoms with van der Waals surface area (Å²) in [6, 6.07) is 3.69. The Morgan fingerprint density at radius 1 is 1.50 bits per heavy atom. The van der Waals surface area contributed by atoms with E-state index in [-0.39, 0.29) is 4.75 Å². The Kier molecular flexibility index (Phi) is 3.66. The highest BCUT2D eigenvalue weighted by Crippen LogP contribution is 2.16. The largest absolute Gasteiger partial charge is 0.591 e. The van der Waals surface area contributed by atoms with Crippen molar-refractivity contribution >= 4 is 17.6 Å². The van der Waals surface area contributed by atoms with Gasteiger partial charge in [-0.2, -0.15) is 0 Å². The summed E-state index contributed by atoms with van der Waals surface area (Å²) in [7, 11) is 0. The van der Waals surface area contributed by atoms with E-state index in [1.54, 1.807) is 18.6 Å². The zero-order valence-electron chi connectivity index (χ0n) is 8.60. The van der Waals surface area contributed by atoms with Crippen LogP contribution in [0.25, 0.3) is 0 Å². The summed E-state index contributed by atoms with van der Waals surface area (Å²) in [5.41, 5.74) is 0.866. The highest BCUT2D eigenvalue weighted by Gasteiger charge is 2.25. The van der Waals surface area contributed by atoms with Gasteiger partial charge in [-0.3, -0.25) is 4.98 Å². The molecule has 14 heavy (non-hydrogen) atoms. The zero-order chi connectivity index (χ0) is 10.6. The van der Waals surface area contributed by atoms with Crippen LogP contribution in [0, 0.1) is 0 Å². The molecule has 1 aromatic rings. The monoisotopic (exact) mass is 210 g/mol. The first-order chi connectivity index (χ1) is 6.50. The molecular weight excluding hydrogens is 196 g/mol. The normalized spacial score (nSPS) is 14.6. The molecule has 1 rings (SSSR count). The molecule has 0 aromatic carbocycles. The molecule has 0 amide bonds. The maximum Gasteiger partial charge on any atom is 0.144 e. The zero-order valence-corrected chi connectivity index (χ0v) is 9.41. The van der Waals surface area contributed by atoms with Gasteiger partial charge in [-0.1, -0.05) is 10.5 Å². The van der Waals surface area contributed by atoms with E-state index in [9.17, 15) is 4.55 Å². The van der Waals surface area contributed by atoms with E-state index in [4.69, 9.17) is 0 Å². The van der Waals surface area contributed by atoms with Crippen LogP contribution in [0.15, 0.2) is 28.9 Å². The molecule has 0 spiro atoms. The first-order valence-electron chi connectivity index (χ1n) is 4.36. The predicted molar refractivity (Wildman–Crippen MR) is 59.7 cm³/mol. The summed E-state index contributed by atoms with van der Waals surface area (Å²) in [5, 5.41) is 0. The van der Waals surface area contributed by atoms with Crippen molar-refractivity contribution < 1.29 is 4.55 Å². The summed E-state index contributed by atoms with van der Waals surface area (Å²) in [4.78, 5) is 3.93. The topological polar surface area (TPSA) is 48.3 Å². The van der Waals surface area contributed by atoms with E-state index in [0.29, 0.717) is 0 Å². The lowest BCUT2D eigenvalue weighted by Crippen LogP contribution is -2.25. The lowest BCUT2D eigenvalue weighted by Gasteiger charge is -2.17. The number of rotatable bonds is 2. The third kappa shape index (κ3) is 3.47. The minimum atomic E-state index is -1.20. The SMILES string of the molecule is CC(C)(C)[S@@+]([O-])/N=C/c1cccnc1. The van der Waals surface area contributed by atoms with Crippen molar-refractivity contribution in [3.8, 4) is 0 Å². The highest BCUT2D eigenvalue weighted by molar-refractivity contribution is 7.91. The van der Waals surface area contributed by atoms with Gasteiger partial charge in [-0.25, -0.2) is 0 Å². The second-order valence-corrected chi connectivity index (χ2v) is 5.82. The fraction of sp³-hybridized carbons (Fsp3) is 0.400. The molecule has 1 aromatic heterocycles. The average Bonchev–Trinajstić information content (AvgIpc) is 2.14. The van der Waals surface area contributed by atoms with Crippen LogP contribution in [-0.2, 0) is 11.4 Å². The van der Waals surface area contributed by atoms with E-state index in [1.807, 2.05) is 32.9 Å². The van der Waals surface area contributed by atoms with E-state index < -0.39 is 11.4 Å². The van der Waals surface area contributed by atoms with Gasteiger partial charge in [0.25, 0.3) is 0 Å². The molecule has 0 saturated heterocycles. The van der Waals surface area contributed by atoms with Crippen LogP contribution in [0.1, 0.15) is 26.3 Å². The lowest BCUT2D eigenvalue weighted by atomic mass is 10.3. The number of hydrogen-bond donors (Lipinski definition) is 0. The van der Waals surface area contributed by atoms with Gasteiger partial charge in [0.05, 0.1) is 6.21 Å². The van der Waals surface area contributed by atoms with Crippen molar-refractivity contribution in [1.29, 1.82) is 0 Å². The van der Waals surface area contributed by atoms with Crippen molar-refractivity contribution in [2.75, 3.05) is 0 Å². The van der Waals surface area contributed by atoms with Gasteiger partial charge in [-0.15, -0.1) is 0 Å². The van der Waals surface area contributed by atoms with Gasteiger partial charge in [0.15, 0.2) is 0 Å². The Morgan fingerprint density at radius 3 is 2.71 bits per heavy atom. The Balaban J connectivity index is 2.66. The van der Waals surface area contributed by atoms with Crippen LogP contribution >= 0.6 is 0 Å². The van der Waals surface area contributed by atoms with Crippen molar-refractivity contribution in [2.45, 2.75) is 25.5 Å². The summed E-state index contributed by atoms with van der Waals surface area (Å²) < 4.78 is 15.2. The van der Waals surface area contributed by atoms with Gasteiger partial charge in [0.1, 0.15) is 16.1 Å². The first kappa shape index (κ1) is 11.2. The minimum absolute atomic E-state index is 0.307. The fourth-order valence-electron chi connectivity index (χ4n) is 0.719. The number of nitrogens with zero attached hydrogens (tertiary/aromatic N) is 2. The van der Waals surface area contributed by atoms with Crippen molar-refractivity contribution in [3.63, 3.8) is 0 Å². The minimum Gasteiger partial charge on any atom is -0.591 e. The fourth-order valence-corrected chi connectivity index (χ4v) is 1.25. The van der Waals surface area contributed by atoms with Gasteiger partial charge in [0.2, 0.25) is 0 Å². The number of hydrogen-bond acceptors (Lipinski definition) is 3. The van der Waals surface area contributed by atoms with Gasteiger partial charge < -0.3 is 4.55 Å². The average molecular weight is 210 g/mol. The summed E-state index contributed by atoms with van der Waals surface area (Å²) in [6.07, 6.45) is 4.97. The molecule has 1 heterocycles. The van der Waals surface area contributed by atoms with Crippen LogP contribution in [-0.4, -0.2) is 20.5 Å². The molecule has 1 atom stereocenters. The molecular formula is C10H14N2OS. The molecule has 0 saturated carbocycles. The van der Waals surface area contributed by atoms with E-state index in [2.05, 4.69) is 9.38 Å². The maximum absolute atomic E-state index is 11.5. The second kappa shape index (κ2) is 4.57. The molecule has 0 fully saturated rings. The van der Waals surface area contributed by atoms with Crippen molar-refractivity contribution in [2.24, 2.45) is 4.40 Å². The molecule has 0 aliphatic rings. The maximum atomic E-state index is 11.5. The van der Waals surface area contributed by atoms with Crippen LogP contribution in [0.4, 0.5) is 0 Å². The Hall–Kier alpha value is -0.870. The van der Waals surface area contributed by atoms with E-state index in [1.165, 1.54) is 0 Å². The van der Waals surface area contributed by atoms with Crippen LogP contribution < -0.4 is 0 Å². The molecule has 0 N–H and O–H groups in total. The third-order valence-corrected chi connectivity index (χ3v) is 2.85. The highest BCUT2D eigenvalue weighted by atomic mass is 32.2. The second-order valence-electron chi connectivity index (χ2n) is 3.88. The molecule has 0 bridgehead atoms. The van der Waals surface area contributed by atoms with Gasteiger partial charge in [-0.05, 0) is 26.8 Å². The summed E-state index contributed by atoms with van der Waals surface area (Å²) in [5.74, 6) is 0. The first-order valence-corrected chi connectivity index (χ1v) is 5.47. The Labute approximate surface area is 87.6 Å². The molecule has 4 heteroatoms. The van der Waals surface area contributed by atoms with Crippen molar-refractivity contribution in [1.82, 2.24) is 4.98 Å². The summed E-state index contributed by atoms with van der Waals surface area (Å²) >= 11 is -1.20. The molecule has 3 nitrogen and oxygen atoms in total. The molecule has 0 unspecified atom stereocenters. The molecule has 0 radical (unpaired) electrons. The Morgan fingerprint density at radius 2 is 2.21 bits per heavy atom. The van der Waals surface area contributed by atoms with Crippen LogP contribution in [0.3, 0.4) is 0 Å². The van der Waals surface area contributed by atoms with Gasteiger partial charge in [0, 0.05) is 18.0 Å². The molecule has 0 aliphatic heterocycles. The van der Waals surface area contributed by atoms with Crippen LogP contribution in [0.2, 0.25) is 0 Å². The van der Waals surface area contributed by atoms with Gasteiger partial charge >= 0.3 is 0 Å². The smallest absolute Gasteiger partial charge is 0.144 e. The third-order valence-electron chi connectivity index (χ3n) is 1.51. The van der Waals surface area contributed by atoms with E-state index in [0.717, 1.165) is 5.56 Å². The number of aromatic nitrogens is 1.